The molecular formula is C28H31Cl2N3O4S. The molecule has 2 amide bonds. The number of carbonyl (C=O) groups excluding carboxylic acids is 2. The van der Waals surface area contributed by atoms with Gasteiger partial charge in [0.2, 0.25) is 11.8 Å². The van der Waals surface area contributed by atoms with Crippen LogP contribution in [0.4, 0.5) is 5.69 Å². The van der Waals surface area contributed by atoms with Crippen molar-refractivity contribution in [2.45, 2.75) is 44.7 Å². The Hall–Kier alpha value is -3.07. The van der Waals surface area contributed by atoms with Crippen molar-refractivity contribution in [3.05, 3.63) is 94.0 Å². The molecule has 0 fully saturated rings. The number of carbonyl (C=O) groups is 2. The predicted molar refractivity (Wildman–Crippen MR) is 152 cm³/mol. The largest absolute Gasteiger partial charge is 0.354 e. The number of rotatable bonds is 11. The zero-order chi connectivity index (χ0) is 27.9. The summed E-state index contributed by atoms with van der Waals surface area (Å²) in [6.07, 6.45) is 0.739. The molecule has 0 aliphatic heterocycles. The molecule has 0 aromatic heterocycles. The van der Waals surface area contributed by atoms with Crippen molar-refractivity contribution in [3.63, 3.8) is 0 Å². The first kappa shape index (κ1) is 29.5. The molecule has 3 aromatic carbocycles. The molecule has 0 unspecified atom stereocenters. The van der Waals surface area contributed by atoms with Crippen LogP contribution < -0.4 is 9.62 Å². The highest BCUT2D eigenvalue weighted by atomic mass is 35.5. The van der Waals surface area contributed by atoms with Crippen molar-refractivity contribution < 1.29 is 18.0 Å². The third-order valence-corrected chi connectivity index (χ3v) is 8.25. The van der Waals surface area contributed by atoms with Crippen LogP contribution in [0.15, 0.2) is 77.7 Å². The van der Waals surface area contributed by atoms with Gasteiger partial charge in [-0.05, 0) is 56.2 Å². The van der Waals surface area contributed by atoms with E-state index in [1.165, 1.54) is 35.2 Å². The lowest BCUT2D eigenvalue weighted by molar-refractivity contribution is -0.139. The average Bonchev–Trinajstić information content (AvgIpc) is 2.89. The molecule has 10 heteroatoms. The minimum Gasteiger partial charge on any atom is -0.354 e. The van der Waals surface area contributed by atoms with Gasteiger partial charge in [0.1, 0.15) is 12.6 Å². The van der Waals surface area contributed by atoms with Crippen LogP contribution in [0.1, 0.15) is 31.4 Å². The first-order valence-electron chi connectivity index (χ1n) is 12.2. The summed E-state index contributed by atoms with van der Waals surface area (Å²) in [6, 6.07) is 18.9. The number of halogens is 2. The van der Waals surface area contributed by atoms with Crippen LogP contribution in [-0.2, 0) is 26.2 Å². The van der Waals surface area contributed by atoms with Crippen LogP contribution in [0.5, 0.6) is 0 Å². The lowest BCUT2D eigenvalue weighted by atomic mass is 10.1. The Bertz CT molecular complexity index is 1380. The van der Waals surface area contributed by atoms with Gasteiger partial charge in [-0.25, -0.2) is 8.42 Å². The smallest absolute Gasteiger partial charge is 0.264 e. The van der Waals surface area contributed by atoms with Gasteiger partial charge in [-0.2, -0.15) is 0 Å². The maximum Gasteiger partial charge on any atom is 0.264 e. The molecule has 0 saturated carbocycles. The van der Waals surface area contributed by atoms with E-state index in [1.807, 2.05) is 38.1 Å². The van der Waals surface area contributed by atoms with E-state index in [9.17, 15) is 18.0 Å². The van der Waals surface area contributed by atoms with E-state index < -0.39 is 28.5 Å². The Morgan fingerprint density at radius 2 is 1.68 bits per heavy atom. The first-order valence-corrected chi connectivity index (χ1v) is 14.4. The van der Waals surface area contributed by atoms with Crippen LogP contribution in [0.2, 0.25) is 10.0 Å². The van der Waals surface area contributed by atoms with Crippen LogP contribution in [0, 0.1) is 6.92 Å². The fraction of sp³-hybridized carbons (Fsp3) is 0.286. The number of nitrogens with one attached hydrogen (secondary N) is 1. The second-order valence-electron chi connectivity index (χ2n) is 8.90. The van der Waals surface area contributed by atoms with E-state index in [2.05, 4.69) is 5.32 Å². The summed E-state index contributed by atoms with van der Waals surface area (Å²) < 4.78 is 28.5. The summed E-state index contributed by atoms with van der Waals surface area (Å²) in [5.74, 6) is -0.883. The molecule has 3 rings (SSSR count). The number of amides is 2. The maximum absolute atomic E-state index is 13.9. The fourth-order valence-corrected chi connectivity index (χ4v) is 5.92. The lowest BCUT2D eigenvalue weighted by Gasteiger charge is -2.32. The number of aryl methyl sites for hydroxylation is 1. The van der Waals surface area contributed by atoms with Gasteiger partial charge in [0.15, 0.2) is 0 Å². The highest BCUT2D eigenvalue weighted by Gasteiger charge is 2.33. The van der Waals surface area contributed by atoms with Crippen molar-refractivity contribution >= 4 is 50.7 Å². The topological polar surface area (TPSA) is 86.8 Å². The van der Waals surface area contributed by atoms with E-state index in [0.29, 0.717) is 11.6 Å². The molecular weight excluding hydrogens is 545 g/mol. The Balaban J connectivity index is 2.04. The third kappa shape index (κ3) is 7.28. The Labute approximate surface area is 234 Å². The van der Waals surface area contributed by atoms with E-state index in [4.69, 9.17) is 23.2 Å². The molecule has 1 N–H and O–H groups in total. The first-order chi connectivity index (χ1) is 18.0. The summed E-state index contributed by atoms with van der Waals surface area (Å²) in [4.78, 5) is 28.1. The minimum atomic E-state index is -4.20. The summed E-state index contributed by atoms with van der Waals surface area (Å²) in [7, 11) is -4.20. The number of nitrogens with zero attached hydrogens (tertiary/aromatic N) is 2. The molecule has 3 aromatic rings. The molecule has 0 saturated heterocycles. The van der Waals surface area contributed by atoms with Gasteiger partial charge >= 0.3 is 0 Å². The SMILES string of the molecule is CCCNC(=O)[C@H](C)N(Cc1cccc(C)c1)C(=O)CN(c1ccc(Cl)cc1Cl)S(=O)(=O)c1ccccc1. The number of benzene rings is 3. The summed E-state index contributed by atoms with van der Waals surface area (Å²) in [5, 5.41) is 3.22. The molecule has 0 aliphatic carbocycles. The summed E-state index contributed by atoms with van der Waals surface area (Å²) in [5.41, 5.74) is 1.92. The van der Waals surface area contributed by atoms with Gasteiger partial charge in [-0.1, -0.05) is 78.2 Å². The standard InChI is InChI=1S/C28H31Cl2N3O4S/c1-4-15-31-28(35)21(3)32(18-22-10-8-9-20(2)16-22)27(34)19-33(26-14-13-23(29)17-25(26)30)38(36,37)24-11-6-5-7-12-24/h5-14,16-17,21H,4,15,18-19H2,1-3H3,(H,31,35)/t21-/m0/s1. The second-order valence-corrected chi connectivity index (χ2v) is 11.6. The highest BCUT2D eigenvalue weighted by Crippen LogP contribution is 2.33. The van der Waals surface area contributed by atoms with E-state index >= 15 is 0 Å². The molecule has 7 nitrogen and oxygen atoms in total. The van der Waals surface area contributed by atoms with Crippen molar-refractivity contribution in [2.75, 3.05) is 17.4 Å². The fourth-order valence-electron chi connectivity index (χ4n) is 3.90. The van der Waals surface area contributed by atoms with Gasteiger partial charge in [0.25, 0.3) is 10.0 Å². The van der Waals surface area contributed by atoms with Crippen LogP contribution >= 0.6 is 23.2 Å². The van der Waals surface area contributed by atoms with Crippen LogP contribution in [0.25, 0.3) is 0 Å². The lowest BCUT2D eigenvalue weighted by Crippen LogP contribution is -2.51. The minimum absolute atomic E-state index is 0.00205. The molecule has 0 radical (unpaired) electrons. The Morgan fingerprint density at radius 3 is 2.32 bits per heavy atom. The average molecular weight is 577 g/mol. The molecule has 0 heterocycles. The zero-order valence-corrected chi connectivity index (χ0v) is 23.9. The maximum atomic E-state index is 13.9. The van der Waals surface area contributed by atoms with Crippen LogP contribution in [0.3, 0.4) is 0 Å². The number of anilines is 1. The quantitative estimate of drug-likeness (QED) is 0.330. The third-order valence-electron chi connectivity index (χ3n) is 5.94. The van der Waals surface area contributed by atoms with Gasteiger partial charge < -0.3 is 10.2 Å². The predicted octanol–water partition coefficient (Wildman–Crippen LogP) is 5.44. The monoisotopic (exact) mass is 575 g/mol. The normalized spacial score (nSPS) is 12.0. The number of hydrogen-bond acceptors (Lipinski definition) is 4. The van der Waals surface area contributed by atoms with Gasteiger partial charge in [0, 0.05) is 18.1 Å². The second kappa shape index (κ2) is 13.1. The number of hydrogen-bond donors (Lipinski definition) is 1. The molecule has 0 aliphatic rings. The highest BCUT2D eigenvalue weighted by molar-refractivity contribution is 7.92. The van der Waals surface area contributed by atoms with Crippen molar-refractivity contribution in [1.29, 1.82) is 0 Å². The van der Waals surface area contributed by atoms with Crippen LogP contribution in [-0.4, -0.2) is 44.3 Å². The summed E-state index contributed by atoms with van der Waals surface area (Å²) >= 11 is 12.5. The van der Waals surface area contributed by atoms with Gasteiger partial charge in [-0.15, -0.1) is 0 Å². The van der Waals surface area contributed by atoms with Gasteiger partial charge in [-0.3, -0.25) is 13.9 Å². The van der Waals surface area contributed by atoms with Crippen molar-refractivity contribution in [1.82, 2.24) is 10.2 Å². The molecule has 0 bridgehead atoms. The molecule has 0 spiro atoms. The van der Waals surface area contributed by atoms with E-state index in [-0.39, 0.29) is 28.1 Å². The molecule has 1 atom stereocenters. The van der Waals surface area contributed by atoms with Gasteiger partial charge in [0.05, 0.1) is 15.6 Å². The Morgan fingerprint density at radius 1 is 0.974 bits per heavy atom. The number of sulfonamides is 1. The summed E-state index contributed by atoms with van der Waals surface area (Å²) in [6.45, 7) is 5.51. The molecule has 38 heavy (non-hydrogen) atoms. The Kier molecular flexibility index (Phi) is 10.2. The zero-order valence-electron chi connectivity index (χ0n) is 21.5. The van der Waals surface area contributed by atoms with Crippen molar-refractivity contribution in [3.8, 4) is 0 Å². The van der Waals surface area contributed by atoms with E-state index in [0.717, 1.165) is 21.9 Å². The van der Waals surface area contributed by atoms with E-state index in [1.54, 1.807) is 25.1 Å². The van der Waals surface area contributed by atoms with Crippen molar-refractivity contribution in [2.24, 2.45) is 0 Å². The molecule has 202 valence electrons.